The third-order valence-corrected chi connectivity index (χ3v) is 2.47. The molecule has 1 aromatic heterocycles. The van der Waals surface area contributed by atoms with Crippen LogP contribution in [0.4, 0.5) is 0 Å². The van der Waals surface area contributed by atoms with Gasteiger partial charge in [0.25, 0.3) is 5.56 Å². The monoisotopic (exact) mass is 254 g/mol. The molecule has 0 radical (unpaired) electrons. The molecule has 0 bridgehead atoms. The first-order chi connectivity index (χ1) is 7.99. The van der Waals surface area contributed by atoms with E-state index < -0.39 is 18.1 Å². The summed E-state index contributed by atoms with van der Waals surface area (Å²) in [6, 6.07) is 3.98. The summed E-state index contributed by atoms with van der Waals surface area (Å²) in [5.74, 6) is -1.23. The minimum atomic E-state index is -1.19. The molecular formula is C10H7ClN2O4. The van der Waals surface area contributed by atoms with E-state index in [0.717, 1.165) is 4.57 Å². The van der Waals surface area contributed by atoms with Gasteiger partial charge in [0.15, 0.2) is 0 Å². The van der Waals surface area contributed by atoms with Crippen LogP contribution in [-0.2, 0) is 11.3 Å². The van der Waals surface area contributed by atoms with E-state index in [0.29, 0.717) is 0 Å². The van der Waals surface area contributed by atoms with Gasteiger partial charge in [-0.05, 0) is 23.7 Å². The van der Waals surface area contributed by atoms with E-state index in [9.17, 15) is 14.7 Å². The standard InChI is InChI=1S/C10H7ClN2O4/c11-10-12-7-3-5(14)1-2-6(7)9(17)13(10)4-8(15)16/h1-3,14H,4H2,(H,15,16). The van der Waals surface area contributed by atoms with Crippen LogP contribution in [0, 0.1) is 0 Å². The van der Waals surface area contributed by atoms with Crippen LogP contribution in [0.3, 0.4) is 0 Å². The Labute approximate surface area is 99.7 Å². The molecule has 0 aliphatic carbocycles. The molecule has 0 unspecified atom stereocenters. The van der Waals surface area contributed by atoms with Crippen LogP contribution in [0.1, 0.15) is 0 Å². The molecule has 0 aliphatic rings. The smallest absolute Gasteiger partial charge is 0.323 e. The van der Waals surface area contributed by atoms with Crippen molar-refractivity contribution in [2.24, 2.45) is 0 Å². The van der Waals surface area contributed by atoms with Gasteiger partial charge in [0.05, 0.1) is 10.9 Å². The molecule has 2 aromatic rings. The highest BCUT2D eigenvalue weighted by atomic mass is 35.5. The summed E-state index contributed by atoms with van der Waals surface area (Å²) in [5.41, 5.74) is -0.330. The first-order valence-corrected chi connectivity index (χ1v) is 4.97. The Kier molecular flexibility index (Phi) is 2.72. The second-order valence-electron chi connectivity index (χ2n) is 3.37. The molecule has 0 amide bonds. The number of phenols is 1. The predicted molar refractivity (Wildman–Crippen MR) is 60.3 cm³/mol. The lowest BCUT2D eigenvalue weighted by atomic mass is 10.2. The molecule has 0 fully saturated rings. The van der Waals surface area contributed by atoms with Gasteiger partial charge in [0, 0.05) is 6.07 Å². The minimum absolute atomic E-state index is 0.0450. The van der Waals surface area contributed by atoms with Crippen molar-refractivity contribution in [3.05, 3.63) is 33.8 Å². The van der Waals surface area contributed by atoms with Gasteiger partial charge in [-0.2, -0.15) is 0 Å². The summed E-state index contributed by atoms with van der Waals surface area (Å²) < 4.78 is 0.850. The lowest BCUT2D eigenvalue weighted by Gasteiger charge is -2.06. The maximum Gasteiger partial charge on any atom is 0.323 e. The van der Waals surface area contributed by atoms with Gasteiger partial charge < -0.3 is 10.2 Å². The van der Waals surface area contributed by atoms with Gasteiger partial charge in [-0.15, -0.1) is 0 Å². The highest BCUT2D eigenvalue weighted by molar-refractivity contribution is 6.28. The zero-order chi connectivity index (χ0) is 12.6. The van der Waals surface area contributed by atoms with Crippen LogP contribution in [0.5, 0.6) is 5.75 Å². The molecule has 88 valence electrons. The van der Waals surface area contributed by atoms with Crippen molar-refractivity contribution >= 4 is 28.5 Å². The fraction of sp³-hybridized carbons (Fsp3) is 0.100. The van der Waals surface area contributed by atoms with Crippen molar-refractivity contribution in [2.45, 2.75) is 6.54 Å². The SMILES string of the molecule is O=C(O)Cn1c(Cl)nc2cc(O)ccc2c1=O. The fourth-order valence-corrected chi connectivity index (χ4v) is 1.68. The van der Waals surface area contributed by atoms with E-state index in [4.69, 9.17) is 16.7 Å². The van der Waals surface area contributed by atoms with E-state index >= 15 is 0 Å². The van der Waals surface area contributed by atoms with Gasteiger partial charge in [-0.25, -0.2) is 4.98 Å². The van der Waals surface area contributed by atoms with Gasteiger partial charge in [0.1, 0.15) is 12.3 Å². The maximum absolute atomic E-state index is 11.9. The summed E-state index contributed by atoms with van der Waals surface area (Å²) in [6.07, 6.45) is 0. The summed E-state index contributed by atoms with van der Waals surface area (Å²) >= 11 is 5.71. The number of nitrogens with zero attached hydrogens (tertiary/aromatic N) is 2. The third-order valence-electron chi connectivity index (χ3n) is 2.19. The van der Waals surface area contributed by atoms with Crippen LogP contribution in [0.2, 0.25) is 5.28 Å². The average Bonchev–Trinajstić information content (AvgIpc) is 2.23. The first kappa shape index (κ1) is 11.4. The molecule has 2 rings (SSSR count). The number of phenolic OH excluding ortho intramolecular Hbond substituents is 1. The second-order valence-corrected chi connectivity index (χ2v) is 3.71. The molecule has 0 spiro atoms. The number of fused-ring (bicyclic) bond motifs is 1. The van der Waals surface area contributed by atoms with E-state index in [1.165, 1.54) is 18.2 Å². The van der Waals surface area contributed by atoms with Crippen molar-refractivity contribution in [2.75, 3.05) is 0 Å². The number of benzene rings is 1. The summed E-state index contributed by atoms with van der Waals surface area (Å²) in [6.45, 7) is -0.554. The van der Waals surface area contributed by atoms with Gasteiger partial charge in [0.2, 0.25) is 5.28 Å². The molecule has 0 aliphatic heterocycles. The Bertz CT molecular complexity index is 665. The molecular weight excluding hydrogens is 248 g/mol. The fourth-order valence-electron chi connectivity index (χ4n) is 1.45. The largest absolute Gasteiger partial charge is 0.508 e. The van der Waals surface area contributed by atoms with Crippen LogP contribution in [0.25, 0.3) is 10.9 Å². The zero-order valence-electron chi connectivity index (χ0n) is 8.42. The van der Waals surface area contributed by atoms with Gasteiger partial charge in [-0.3, -0.25) is 14.2 Å². The molecule has 1 aromatic carbocycles. The number of carboxylic acids is 1. The molecule has 0 saturated heterocycles. The van der Waals surface area contributed by atoms with Crippen molar-refractivity contribution in [1.29, 1.82) is 0 Å². The molecule has 1 heterocycles. The normalized spacial score (nSPS) is 10.6. The molecule has 17 heavy (non-hydrogen) atoms. The number of carboxylic acid groups (broad SMARTS) is 1. The Hall–Kier alpha value is -2.08. The zero-order valence-corrected chi connectivity index (χ0v) is 9.18. The highest BCUT2D eigenvalue weighted by Crippen LogP contribution is 2.17. The van der Waals surface area contributed by atoms with Crippen molar-refractivity contribution in [3.8, 4) is 5.75 Å². The van der Waals surface area contributed by atoms with Crippen LogP contribution < -0.4 is 5.56 Å². The lowest BCUT2D eigenvalue weighted by Crippen LogP contribution is -2.25. The topological polar surface area (TPSA) is 92.4 Å². The van der Waals surface area contributed by atoms with Crippen molar-refractivity contribution in [3.63, 3.8) is 0 Å². The number of hydrogen-bond acceptors (Lipinski definition) is 4. The number of aliphatic carboxylic acids is 1. The third kappa shape index (κ3) is 2.07. The second kappa shape index (κ2) is 4.06. The van der Waals surface area contributed by atoms with E-state index in [-0.39, 0.29) is 21.9 Å². The van der Waals surface area contributed by atoms with Crippen LogP contribution in [-0.4, -0.2) is 25.7 Å². The Balaban J connectivity index is 2.76. The van der Waals surface area contributed by atoms with Crippen molar-refractivity contribution < 1.29 is 15.0 Å². The molecule has 7 heteroatoms. The Morgan fingerprint density at radius 3 is 2.82 bits per heavy atom. The Morgan fingerprint density at radius 1 is 1.47 bits per heavy atom. The summed E-state index contributed by atoms with van der Waals surface area (Å²) in [7, 11) is 0. The Morgan fingerprint density at radius 2 is 2.18 bits per heavy atom. The molecule has 0 atom stereocenters. The average molecular weight is 255 g/mol. The van der Waals surface area contributed by atoms with Crippen LogP contribution >= 0.6 is 11.6 Å². The number of aromatic nitrogens is 2. The first-order valence-electron chi connectivity index (χ1n) is 4.60. The van der Waals surface area contributed by atoms with Gasteiger partial charge >= 0.3 is 5.97 Å². The van der Waals surface area contributed by atoms with Gasteiger partial charge in [-0.1, -0.05) is 0 Å². The number of carbonyl (C=O) groups is 1. The van der Waals surface area contributed by atoms with E-state index in [1.54, 1.807) is 0 Å². The number of rotatable bonds is 2. The number of hydrogen-bond donors (Lipinski definition) is 2. The summed E-state index contributed by atoms with van der Waals surface area (Å²) in [4.78, 5) is 26.3. The van der Waals surface area contributed by atoms with Crippen molar-refractivity contribution in [1.82, 2.24) is 9.55 Å². The molecule has 2 N–H and O–H groups in total. The maximum atomic E-state index is 11.9. The molecule has 6 nitrogen and oxygen atoms in total. The highest BCUT2D eigenvalue weighted by Gasteiger charge is 2.12. The lowest BCUT2D eigenvalue weighted by molar-refractivity contribution is -0.137. The van der Waals surface area contributed by atoms with Crippen LogP contribution in [0.15, 0.2) is 23.0 Å². The molecule has 0 saturated carbocycles. The number of aromatic hydroxyl groups is 1. The van der Waals surface area contributed by atoms with E-state index in [1.807, 2.05) is 0 Å². The number of halogens is 1. The quantitative estimate of drug-likeness (QED) is 0.775. The summed E-state index contributed by atoms with van der Waals surface area (Å²) in [5, 5.41) is 17.9. The predicted octanol–water partition coefficient (Wildman–Crippen LogP) is 0.840. The van der Waals surface area contributed by atoms with E-state index in [2.05, 4.69) is 4.98 Å². The minimum Gasteiger partial charge on any atom is -0.508 e.